The van der Waals surface area contributed by atoms with Gasteiger partial charge in [0.25, 0.3) is 5.91 Å². The van der Waals surface area contributed by atoms with E-state index in [0.717, 1.165) is 37.0 Å². The number of hydrogen-bond donors (Lipinski definition) is 2. The molecule has 2 aliphatic rings. The van der Waals surface area contributed by atoms with E-state index in [-0.39, 0.29) is 23.8 Å². The van der Waals surface area contributed by atoms with Crippen LogP contribution < -0.4 is 10.6 Å². The number of benzene rings is 1. The predicted molar refractivity (Wildman–Crippen MR) is 103 cm³/mol. The molecule has 0 bridgehead atoms. The molecule has 3 rings (SSSR count). The Kier molecular flexibility index (Phi) is 5.82. The molecule has 6 heteroatoms. The fourth-order valence-corrected chi connectivity index (χ4v) is 4.22. The number of hydrogen-bond acceptors (Lipinski definition) is 3. The zero-order valence-corrected chi connectivity index (χ0v) is 16.2. The highest BCUT2D eigenvalue weighted by molar-refractivity contribution is 6.06. The second-order valence-corrected chi connectivity index (χ2v) is 8.05. The van der Waals surface area contributed by atoms with E-state index < -0.39 is 12.1 Å². The Morgan fingerprint density at radius 3 is 2.63 bits per heavy atom. The summed E-state index contributed by atoms with van der Waals surface area (Å²) in [5, 5.41) is 5.63. The molecule has 1 heterocycles. The first kappa shape index (κ1) is 19.4. The minimum Gasteiger partial charge on any atom is -0.354 e. The zero-order chi connectivity index (χ0) is 19.4. The second kappa shape index (κ2) is 8.11. The molecule has 6 nitrogen and oxygen atoms in total. The molecule has 1 aromatic rings. The largest absolute Gasteiger partial charge is 0.354 e. The summed E-state index contributed by atoms with van der Waals surface area (Å²) >= 11 is 0. The minimum atomic E-state index is -0.509. The van der Waals surface area contributed by atoms with E-state index in [9.17, 15) is 14.4 Å². The van der Waals surface area contributed by atoms with Crippen molar-refractivity contribution in [3.63, 3.8) is 0 Å². The molecule has 0 radical (unpaired) electrons. The quantitative estimate of drug-likeness (QED) is 0.755. The summed E-state index contributed by atoms with van der Waals surface area (Å²) in [6.07, 6.45) is 5.92. The average molecular weight is 371 g/mol. The molecule has 27 heavy (non-hydrogen) atoms. The van der Waals surface area contributed by atoms with Crippen molar-refractivity contribution in [3.8, 4) is 0 Å². The molecule has 0 unspecified atom stereocenters. The van der Waals surface area contributed by atoms with Gasteiger partial charge in [-0.05, 0) is 42.7 Å². The molecule has 1 aromatic carbocycles. The van der Waals surface area contributed by atoms with E-state index >= 15 is 0 Å². The van der Waals surface area contributed by atoms with Crippen molar-refractivity contribution >= 4 is 17.8 Å². The van der Waals surface area contributed by atoms with Crippen LogP contribution in [0.1, 0.15) is 50.2 Å². The van der Waals surface area contributed by atoms with Gasteiger partial charge in [0, 0.05) is 6.54 Å². The van der Waals surface area contributed by atoms with E-state index in [1.165, 1.54) is 17.5 Å². The number of rotatable bonds is 6. The number of urea groups is 1. The molecule has 1 saturated carbocycles. The lowest BCUT2D eigenvalue weighted by molar-refractivity contribution is -0.134. The van der Waals surface area contributed by atoms with E-state index in [0.29, 0.717) is 6.54 Å². The monoisotopic (exact) mass is 371 g/mol. The van der Waals surface area contributed by atoms with Crippen LogP contribution >= 0.6 is 0 Å². The van der Waals surface area contributed by atoms with Gasteiger partial charge in [0.1, 0.15) is 12.6 Å². The van der Waals surface area contributed by atoms with Gasteiger partial charge in [0.2, 0.25) is 5.91 Å². The molecule has 1 atom stereocenters. The van der Waals surface area contributed by atoms with Crippen molar-refractivity contribution in [2.45, 2.75) is 58.4 Å². The SMILES string of the molecule is Cc1ccccc1CCNC(=O)CN1C(=O)N[C@@H](C2(C)CCCCC2)C1=O. The number of carbonyl (C=O) groups excluding carboxylic acids is 3. The van der Waals surface area contributed by atoms with E-state index in [2.05, 4.69) is 17.6 Å². The Balaban J connectivity index is 1.52. The normalized spacial score (nSPS) is 21.9. The van der Waals surface area contributed by atoms with Gasteiger partial charge >= 0.3 is 6.03 Å². The molecular formula is C21H29N3O3. The maximum atomic E-state index is 12.8. The van der Waals surface area contributed by atoms with Gasteiger partial charge in [0.05, 0.1) is 0 Å². The number of carbonyl (C=O) groups is 3. The first-order chi connectivity index (χ1) is 12.9. The highest BCUT2D eigenvalue weighted by Gasteiger charge is 2.49. The summed E-state index contributed by atoms with van der Waals surface area (Å²) in [6.45, 7) is 4.37. The van der Waals surface area contributed by atoms with Gasteiger partial charge in [0.15, 0.2) is 0 Å². The lowest BCUT2D eigenvalue weighted by Gasteiger charge is -2.37. The van der Waals surface area contributed by atoms with Crippen LogP contribution in [0.2, 0.25) is 0 Å². The van der Waals surface area contributed by atoms with Crippen LogP contribution in [-0.4, -0.2) is 41.9 Å². The van der Waals surface area contributed by atoms with Crippen molar-refractivity contribution < 1.29 is 14.4 Å². The van der Waals surface area contributed by atoms with Crippen LogP contribution in [0.15, 0.2) is 24.3 Å². The molecule has 1 aliphatic carbocycles. The van der Waals surface area contributed by atoms with Crippen LogP contribution in [0, 0.1) is 12.3 Å². The summed E-state index contributed by atoms with van der Waals surface area (Å²) < 4.78 is 0. The fraction of sp³-hybridized carbons (Fsp3) is 0.571. The Labute approximate surface area is 160 Å². The van der Waals surface area contributed by atoms with Gasteiger partial charge in [-0.1, -0.05) is 50.5 Å². The first-order valence-electron chi connectivity index (χ1n) is 9.84. The van der Waals surface area contributed by atoms with Crippen molar-refractivity contribution in [2.75, 3.05) is 13.1 Å². The lowest BCUT2D eigenvalue weighted by atomic mass is 9.70. The second-order valence-electron chi connectivity index (χ2n) is 8.05. The smallest absolute Gasteiger partial charge is 0.325 e. The number of nitrogens with one attached hydrogen (secondary N) is 2. The third kappa shape index (κ3) is 4.31. The van der Waals surface area contributed by atoms with Crippen LogP contribution in [0.3, 0.4) is 0 Å². The third-order valence-electron chi connectivity index (χ3n) is 6.00. The number of aryl methyl sites for hydroxylation is 1. The topological polar surface area (TPSA) is 78.5 Å². The maximum absolute atomic E-state index is 12.8. The van der Waals surface area contributed by atoms with Crippen LogP contribution in [0.5, 0.6) is 0 Å². The van der Waals surface area contributed by atoms with Crippen LogP contribution in [-0.2, 0) is 16.0 Å². The maximum Gasteiger partial charge on any atom is 0.325 e. The Morgan fingerprint density at radius 2 is 1.93 bits per heavy atom. The summed E-state index contributed by atoms with van der Waals surface area (Å²) in [5.41, 5.74) is 2.16. The van der Waals surface area contributed by atoms with Crippen molar-refractivity contribution in [3.05, 3.63) is 35.4 Å². The zero-order valence-electron chi connectivity index (χ0n) is 16.2. The summed E-state index contributed by atoms with van der Waals surface area (Å²) in [5.74, 6) is -0.569. The molecule has 0 spiro atoms. The Bertz CT molecular complexity index is 725. The number of imide groups is 1. The van der Waals surface area contributed by atoms with E-state index in [4.69, 9.17) is 0 Å². The average Bonchev–Trinajstić information content (AvgIpc) is 2.93. The molecule has 4 amide bonds. The summed E-state index contributed by atoms with van der Waals surface area (Å²) in [7, 11) is 0. The van der Waals surface area contributed by atoms with E-state index in [1.807, 2.05) is 31.2 Å². The van der Waals surface area contributed by atoms with Gasteiger partial charge in [-0.2, -0.15) is 0 Å². The highest BCUT2D eigenvalue weighted by atomic mass is 16.2. The standard InChI is InChI=1S/C21H29N3O3/c1-15-8-4-5-9-16(15)10-13-22-17(25)14-24-19(26)18(23-20(24)27)21(2)11-6-3-7-12-21/h4-5,8-9,18H,3,6-7,10-14H2,1-2H3,(H,22,25)(H,23,27)/t18-/m1/s1. The Hall–Kier alpha value is -2.37. The highest BCUT2D eigenvalue weighted by Crippen LogP contribution is 2.40. The van der Waals surface area contributed by atoms with Gasteiger partial charge in [-0.15, -0.1) is 0 Å². The molecule has 1 aliphatic heterocycles. The molecule has 2 N–H and O–H groups in total. The van der Waals surface area contributed by atoms with Crippen molar-refractivity contribution in [2.24, 2.45) is 5.41 Å². The van der Waals surface area contributed by atoms with Gasteiger partial charge in [-0.25, -0.2) is 4.79 Å². The molecule has 1 saturated heterocycles. The molecule has 2 fully saturated rings. The predicted octanol–water partition coefficient (Wildman–Crippen LogP) is 2.54. The van der Waals surface area contributed by atoms with E-state index in [1.54, 1.807) is 0 Å². The van der Waals surface area contributed by atoms with Crippen molar-refractivity contribution in [1.29, 1.82) is 0 Å². The van der Waals surface area contributed by atoms with Gasteiger partial charge in [-0.3, -0.25) is 14.5 Å². The number of amides is 4. The number of nitrogens with zero attached hydrogens (tertiary/aromatic N) is 1. The van der Waals surface area contributed by atoms with Crippen molar-refractivity contribution in [1.82, 2.24) is 15.5 Å². The lowest BCUT2D eigenvalue weighted by Crippen LogP contribution is -2.46. The third-order valence-corrected chi connectivity index (χ3v) is 6.00. The molecular weight excluding hydrogens is 342 g/mol. The van der Waals surface area contributed by atoms with Crippen LogP contribution in [0.25, 0.3) is 0 Å². The summed E-state index contributed by atoms with van der Waals surface area (Å²) in [4.78, 5) is 38.3. The van der Waals surface area contributed by atoms with Gasteiger partial charge < -0.3 is 10.6 Å². The molecule has 0 aromatic heterocycles. The molecule has 146 valence electrons. The Morgan fingerprint density at radius 1 is 1.22 bits per heavy atom. The van der Waals surface area contributed by atoms with Crippen LogP contribution in [0.4, 0.5) is 4.79 Å². The summed E-state index contributed by atoms with van der Waals surface area (Å²) in [6, 6.07) is 7.07. The first-order valence-corrected chi connectivity index (χ1v) is 9.84. The minimum absolute atomic E-state index is 0.207. The fourth-order valence-electron chi connectivity index (χ4n) is 4.22.